The molecule has 2 bridgehead atoms. The van der Waals surface area contributed by atoms with E-state index >= 15 is 0 Å². The van der Waals surface area contributed by atoms with E-state index in [-0.39, 0.29) is 30.2 Å². The van der Waals surface area contributed by atoms with Crippen LogP contribution >= 0.6 is 23.2 Å². The Morgan fingerprint density at radius 1 is 1.00 bits per heavy atom. The van der Waals surface area contributed by atoms with Crippen molar-refractivity contribution in [2.24, 2.45) is 0 Å². The third-order valence-electron chi connectivity index (χ3n) is 9.00. The number of piperidine rings is 1. The monoisotopic (exact) mass is 595 g/mol. The maximum atomic E-state index is 13.8. The third-order valence-corrected chi connectivity index (χ3v) is 9.63. The second-order valence-corrected chi connectivity index (χ2v) is 12.3. The van der Waals surface area contributed by atoms with Gasteiger partial charge in [-0.05, 0) is 67.9 Å². The number of carbonyl (C=O) groups is 2. The highest BCUT2D eigenvalue weighted by Crippen LogP contribution is 2.47. The molecule has 3 fully saturated rings. The van der Waals surface area contributed by atoms with Crippen molar-refractivity contribution >= 4 is 35.2 Å². The zero-order valence-electron chi connectivity index (χ0n) is 22.8. The fraction of sp³-hybridized carbons (Fsp3) is 0.452. The number of nitrogens with zero attached hydrogens (tertiary/aromatic N) is 3. The minimum absolute atomic E-state index is 0.0229. The number of hydrogen-bond donors (Lipinski definition) is 0. The summed E-state index contributed by atoms with van der Waals surface area (Å²) >= 11 is 13.1. The first kappa shape index (κ1) is 26.8. The second kappa shape index (κ2) is 10.6. The van der Waals surface area contributed by atoms with Crippen molar-refractivity contribution in [3.63, 3.8) is 0 Å². The zero-order chi connectivity index (χ0) is 28.2. The Morgan fingerprint density at radius 2 is 1.71 bits per heavy atom. The van der Waals surface area contributed by atoms with Crippen molar-refractivity contribution in [1.82, 2.24) is 15.0 Å². The number of esters is 1. The number of methoxy groups -OCH3 is 1. The number of rotatable bonds is 6. The van der Waals surface area contributed by atoms with E-state index < -0.39 is 0 Å². The highest BCUT2D eigenvalue weighted by atomic mass is 35.5. The van der Waals surface area contributed by atoms with Crippen molar-refractivity contribution in [3.05, 3.63) is 74.5 Å². The summed E-state index contributed by atoms with van der Waals surface area (Å²) in [4.78, 5) is 30.0. The molecule has 1 saturated carbocycles. The predicted molar refractivity (Wildman–Crippen MR) is 153 cm³/mol. The maximum Gasteiger partial charge on any atom is 0.338 e. The van der Waals surface area contributed by atoms with Crippen LogP contribution in [0.3, 0.4) is 0 Å². The average molecular weight is 597 g/mol. The lowest BCUT2D eigenvalue weighted by atomic mass is 9.99. The molecule has 2 saturated heterocycles. The molecule has 0 N–H and O–H groups in total. The predicted octanol–water partition coefficient (Wildman–Crippen LogP) is 6.96. The van der Waals surface area contributed by atoms with Gasteiger partial charge in [0, 0.05) is 42.2 Å². The van der Waals surface area contributed by atoms with Crippen LogP contribution in [0.1, 0.15) is 77.3 Å². The summed E-state index contributed by atoms with van der Waals surface area (Å²) in [6, 6.07) is 11.3. The van der Waals surface area contributed by atoms with E-state index in [0.29, 0.717) is 52.5 Å². The van der Waals surface area contributed by atoms with Crippen LogP contribution in [0.15, 0.2) is 40.9 Å². The molecule has 3 aromatic rings. The molecular weight excluding hydrogens is 565 g/mol. The molecule has 1 unspecified atom stereocenters. The summed E-state index contributed by atoms with van der Waals surface area (Å²) in [5, 5.41) is 5.44. The molecule has 1 aliphatic carbocycles. The second-order valence-electron chi connectivity index (χ2n) is 11.5. The van der Waals surface area contributed by atoms with Gasteiger partial charge in [0.25, 0.3) is 0 Å². The van der Waals surface area contributed by atoms with Gasteiger partial charge < -0.3 is 23.8 Å². The summed E-state index contributed by atoms with van der Waals surface area (Å²) < 4.78 is 17.3. The molecule has 8 nitrogen and oxygen atoms in total. The van der Waals surface area contributed by atoms with Crippen LogP contribution in [0, 0.1) is 0 Å². The number of carbonyl (C=O) groups excluding carboxylic acids is 2. The fourth-order valence-corrected chi connectivity index (χ4v) is 7.42. The Kier molecular flexibility index (Phi) is 6.96. The minimum Gasteiger partial charge on any atom is -0.465 e. The first-order chi connectivity index (χ1) is 19.9. The van der Waals surface area contributed by atoms with Gasteiger partial charge in [-0.2, -0.15) is 0 Å². The van der Waals surface area contributed by atoms with Gasteiger partial charge >= 0.3 is 12.0 Å². The Labute approximate surface area is 248 Å². The van der Waals surface area contributed by atoms with E-state index in [0.717, 1.165) is 61.0 Å². The van der Waals surface area contributed by atoms with E-state index in [2.05, 4.69) is 10.1 Å². The van der Waals surface area contributed by atoms with Crippen LogP contribution in [0.5, 0.6) is 0 Å². The van der Waals surface area contributed by atoms with Crippen molar-refractivity contribution in [2.75, 3.05) is 7.11 Å². The number of fused-ring (bicyclic) bond motifs is 3. The van der Waals surface area contributed by atoms with Crippen molar-refractivity contribution in [3.8, 4) is 11.3 Å². The molecule has 4 heterocycles. The minimum atomic E-state index is -0.369. The summed E-state index contributed by atoms with van der Waals surface area (Å²) in [6.07, 6.45) is 5.66. The van der Waals surface area contributed by atoms with Crippen LogP contribution in [0.4, 0.5) is 4.79 Å². The summed E-state index contributed by atoms with van der Waals surface area (Å²) in [5.41, 5.74) is 4.66. The molecule has 2 aromatic carbocycles. The smallest absolute Gasteiger partial charge is 0.338 e. The lowest BCUT2D eigenvalue weighted by molar-refractivity contribution is -0.0210. The molecule has 41 heavy (non-hydrogen) atoms. The Balaban J connectivity index is 1.04. The number of aromatic nitrogens is 1. The number of urea groups is 1. The van der Waals surface area contributed by atoms with Crippen LogP contribution in [-0.4, -0.2) is 52.3 Å². The molecule has 10 heteroatoms. The molecular formula is C31H31Cl2N3O5. The molecule has 3 aliphatic heterocycles. The van der Waals surface area contributed by atoms with E-state index in [4.69, 9.17) is 37.2 Å². The largest absolute Gasteiger partial charge is 0.465 e. The van der Waals surface area contributed by atoms with Gasteiger partial charge in [-0.15, -0.1) is 0 Å². The van der Waals surface area contributed by atoms with Gasteiger partial charge in [-0.3, -0.25) is 0 Å². The van der Waals surface area contributed by atoms with Gasteiger partial charge in [0.2, 0.25) is 0 Å². The standard InChI is InChI=1S/C31H31Cl2N3O5/c1-39-30(37)22-5-2-4-18-14-35(15-23(18)22)31(38)36-19-10-11-20(36)13-21(12-19)40-16-24-28(34-41-29(24)17-8-9-17)27-25(32)6-3-7-26(27)33/h2-7,17,19-21H,8-16H2,1H3/t19-,20+,21?. The Hall–Kier alpha value is -3.07. The van der Waals surface area contributed by atoms with Crippen LogP contribution < -0.4 is 0 Å². The van der Waals surface area contributed by atoms with Gasteiger partial charge in [-0.25, -0.2) is 9.59 Å². The molecule has 4 aliphatic rings. The fourth-order valence-electron chi connectivity index (χ4n) is 6.85. The molecule has 3 atom stereocenters. The Morgan fingerprint density at radius 3 is 2.39 bits per heavy atom. The van der Waals surface area contributed by atoms with E-state index in [1.165, 1.54) is 7.11 Å². The zero-order valence-corrected chi connectivity index (χ0v) is 24.3. The maximum absolute atomic E-state index is 13.8. The average Bonchev–Trinajstić information content (AvgIpc) is 3.48. The van der Waals surface area contributed by atoms with Gasteiger partial charge in [-0.1, -0.05) is 46.6 Å². The van der Waals surface area contributed by atoms with E-state index in [9.17, 15) is 9.59 Å². The quantitative estimate of drug-likeness (QED) is 0.286. The SMILES string of the molecule is COC(=O)c1cccc2c1CN(C(=O)N1[C@@H]3CC[C@H]1CC(OCc1c(-c4c(Cl)cccc4Cl)noc1C1CC1)C3)C2. The molecule has 1 aromatic heterocycles. The third kappa shape index (κ3) is 4.80. The molecule has 0 spiro atoms. The highest BCUT2D eigenvalue weighted by Gasteiger charge is 2.46. The molecule has 7 rings (SSSR count). The van der Waals surface area contributed by atoms with Crippen LogP contribution in [0.2, 0.25) is 10.0 Å². The molecule has 2 amide bonds. The summed E-state index contributed by atoms with van der Waals surface area (Å²) in [5.74, 6) is 0.856. The van der Waals surface area contributed by atoms with Gasteiger partial charge in [0.1, 0.15) is 11.5 Å². The van der Waals surface area contributed by atoms with E-state index in [1.54, 1.807) is 18.2 Å². The van der Waals surface area contributed by atoms with Gasteiger partial charge in [0.05, 0.1) is 35.4 Å². The van der Waals surface area contributed by atoms with Gasteiger partial charge in [0.15, 0.2) is 0 Å². The number of ether oxygens (including phenoxy) is 2. The van der Waals surface area contributed by atoms with Crippen molar-refractivity contribution in [1.29, 1.82) is 0 Å². The van der Waals surface area contributed by atoms with Crippen molar-refractivity contribution < 1.29 is 23.6 Å². The summed E-state index contributed by atoms with van der Waals surface area (Å²) in [7, 11) is 1.38. The number of benzene rings is 2. The first-order valence-electron chi connectivity index (χ1n) is 14.2. The lowest BCUT2D eigenvalue weighted by Gasteiger charge is -2.40. The summed E-state index contributed by atoms with van der Waals surface area (Å²) in [6.45, 7) is 1.28. The highest BCUT2D eigenvalue weighted by molar-refractivity contribution is 6.39. The molecule has 0 radical (unpaired) electrons. The normalized spacial score (nSPS) is 23.1. The number of halogens is 2. The topological polar surface area (TPSA) is 85.1 Å². The Bertz CT molecular complexity index is 1490. The van der Waals surface area contributed by atoms with E-state index in [1.807, 2.05) is 23.1 Å². The molecule has 214 valence electrons. The first-order valence-corrected chi connectivity index (χ1v) is 15.0. The van der Waals surface area contributed by atoms with Crippen LogP contribution in [0.25, 0.3) is 11.3 Å². The number of amides is 2. The van der Waals surface area contributed by atoms with Crippen molar-refractivity contribution in [2.45, 2.75) is 82.3 Å². The number of hydrogen-bond acceptors (Lipinski definition) is 6. The lowest BCUT2D eigenvalue weighted by Crippen LogP contribution is -2.52. The van der Waals surface area contributed by atoms with Crippen LogP contribution in [-0.2, 0) is 29.2 Å².